The monoisotopic (exact) mass is 1130 g/mol. The summed E-state index contributed by atoms with van der Waals surface area (Å²) in [5.74, 6) is 0. The average molecular weight is 1130 g/mol. The zero-order valence-electron chi connectivity index (χ0n) is 44.2. The van der Waals surface area contributed by atoms with Gasteiger partial charge in [-0.05, 0) is 128 Å². The van der Waals surface area contributed by atoms with Gasteiger partial charge in [0.1, 0.15) is 39.1 Å². The van der Waals surface area contributed by atoms with Crippen molar-refractivity contribution in [3.8, 4) is 45.1 Å². The summed E-state index contributed by atoms with van der Waals surface area (Å²) in [5.41, 5.74) is 21.0. The second-order valence-corrected chi connectivity index (χ2v) is 21.7. The molecule has 5 aromatic heterocycles. The van der Waals surface area contributed by atoms with Crippen LogP contribution in [0.4, 0.5) is 5.69 Å². The normalized spacial score (nSPS) is 11.8. The zero-order valence-corrected chi connectivity index (χ0v) is 45.7. The predicted octanol–water partition coefficient (Wildman–Crippen LogP) is 21.8. The molecule has 12 aromatic carbocycles. The first-order valence-electron chi connectivity index (χ1n) is 27.4. The molecule has 5 heterocycles. The maximum Gasteiger partial charge on any atom is 0.188 e. The Balaban J connectivity index is 0.000000115. The minimum atomic E-state index is 0.631. The van der Waals surface area contributed by atoms with Crippen LogP contribution in [0, 0.1) is 17.9 Å². The Labute approximate surface area is 482 Å². The summed E-state index contributed by atoms with van der Waals surface area (Å²) in [7, 11) is 0. The van der Waals surface area contributed by atoms with Crippen molar-refractivity contribution in [3.05, 3.63) is 275 Å². The lowest BCUT2D eigenvalue weighted by Gasteiger charge is -2.09. The number of fused-ring (bicyclic) bond motifs is 18. The number of hydrogen-bond acceptors (Lipinski definition) is 5. The fraction of sp³-hybridized carbons (Fsp3) is 0.0133. The van der Waals surface area contributed by atoms with E-state index in [1.54, 1.807) is 0 Å². The topological polar surface area (TPSA) is 85.6 Å². The summed E-state index contributed by atoms with van der Waals surface area (Å²) >= 11 is 3.61. The van der Waals surface area contributed by atoms with Gasteiger partial charge in [0.2, 0.25) is 0 Å². The standard InChI is InChI=1S/C37H20N2O2.C24H13BrO2.C14H9N/c1-38-22-19-20-31-29(21-22)23-9-2-4-15-30(23)39(31)32-16-7-14-28-35-25(11-8-18-34(35)41-37(28)32)27-13-6-12-26-24-10-3-5-17-33(24)40-36(26)27;25-19-11-4-10-18-22-15(7-5-13-21(22)27-24(18)19)17-9-3-8-16-14-6-1-2-12-20(14)26-23(16)17;15-9-10-5-6-12-8-11-3-1-2-4-13(11)14(12)7-10/h2-21H;1-13H;1-7H,8H2. The van der Waals surface area contributed by atoms with E-state index in [0.29, 0.717) is 5.69 Å². The lowest BCUT2D eigenvalue weighted by molar-refractivity contribution is 0.666. The molecule has 0 spiro atoms. The lowest BCUT2D eigenvalue weighted by Crippen LogP contribution is -1.94. The molecule has 0 unspecified atom stereocenters. The molecule has 0 radical (unpaired) electrons. The Bertz CT molecular complexity index is 5620. The van der Waals surface area contributed by atoms with Crippen LogP contribution in [0.25, 0.3) is 153 Å². The van der Waals surface area contributed by atoms with Crippen LogP contribution >= 0.6 is 15.9 Å². The third-order valence-electron chi connectivity index (χ3n) is 16.3. The lowest BCUT2D eigenvalue weighted by atomic mass is 9.97. The molecule has 0 aliphatic heterocycles. The van der Waals surface area contributed by atoms with E-state index in [2.05, 4.69) is 159 Å². The fourth-order valence-corrected chi connectivity index (χ4v) is 13.1. The van der Waals surface area contributed by atoms with Crippen molar-refractivity contribution < 1.29 is 17.7 Å². The second kappa shape index (κ2) is 19.1. The van der Waals surface area contributed by atoms with Gasteiger partial charge in [0.15, 0.2) is 11.3 Å². The maximum atomic E-state index is 8.87. The smallest absolute Gasteiger partial charge is 0.188 e. The van der Waals surface area contributed by atoms with Crippen LogP contribution in [-0.2, 0) is 6.42 Å². The summed E-state index contributed by atoms with van der Waals surface area (Å²) in [6, 6.07) is 84.7. The highest BCUT2D eigenvalue weighted by Crippen LogP contribution is 2.46. The first-order chi connectivity index (χ1) is 41.0. The molecule has 0 saturated heterocycles. The van der Waals surface area contributed by atoms with Crippen LogP contribution in [0.15, 0.2) is 265 Å². The minimum Gasteiger partial charge on any atom is -0.455 e. The highest BCUT2D eigenvalue weighted by atomic mass is 79.9. The van der Waals surface area contributed by atoms with Crippen molar-refractivity contribution in [1.29, 1.82) is 5.26 Å². The molecule has 0 atom stereocenters. The Kier molecular flexibility index (Phi) is 11.1. The van der Waals surface area contributed by atoms with E-state index >= 15 is 0 Å². The molecule has 18 rings (SSSR count). The highest BCUT2D eigenvalue weighted by Gasteiger charge is 2.23. The molecular formula is C75H42BrN3O4. The number of furan rings is 4. The Morgan fingerprint density at radius 1 is 0.386 bits per heavy atom. The van der Waals surface area contributed by atoms with Gasteiger partial charge in [-0.2, -0.15) is 5.26 Å². The van der Waals surface area contributed by atoms with Crippen molar-refractivity contribution in [3.63, 3.8) is 0 Å². The second-order valence-electron chi connectivity index (χ2n) is 20.9. The third-order valence-corrected chi connectivity index (χ3v) is 16.9. The quantitative estimate of drug-likeness (QED) is 0.165. The van der Waals surface area contributed by atoms with E-state index in [9.17, 15) is 0 Å². The van der Waals surface area contributed by atoms with E-state index < -0.39 is 0 Å². The summed E-state index contributed by atoms with van der Waals surface area (Å²) in [4.78, 5) is 3.68. The van der Waals surface area contributed by atoms with Gasteiger partial charge in [0, 0.05) is 59.6 Å². The van der Waals surface area contributed by atoms with E-state index in [4.69, 9.17) is 29.5 Å². The maximum absolute atomic E-state index is 8.87. The van der Waals surface area contributed by atoms with Gasteiger partial charge in [0.25, 0.3) is 0 Å². The molecule has 0 amide bonds. The van der Waals surface area contributed by atoms with Gasteiger partial charge in [-0.15, -0.1) is 0 Å². The molecule has 0 bridgehead atoms. The highest BCUT2D eigenvalue weighted by molar-refractivity contribution is 9.10. The summed E-state index contributed by atoms with van der Waals surface area (Å²) in [5, 5.41) is 19.8. The summed E-state index contributed by atoms with van der Waals surface area (Å²) < 4.78 is 28.7. The van der Waals surface area contributed by atoms with Crippen LogP contribution in [-0.4, -0.2) is 4.57 Å². The van der Waals surface area contributed by atoms with Crippen LogP contribution in [0.2, 0.25) is 0 Å². The largest absolute Gasteiger partial charge is 0.455 e. The van der Waals surface area contributed by atoms with E-state index in [1.165, 1.54) is 22.3 Å². The van der Waals surface area contributed by atoms with E-state index in [1.807, 2.05) is 115 Å². The van der Waals surface area contributed by atoms with Gasteiger partial charge in [0.05, 0.1) is 39.4 Å². The number of halogens is 1. The molecule has 0 fully saturated rings. The average Bonchev–Trinajstić information content (AvgIpc) is 3.68. The van der Waals surface area contributed by atoms with Crippen molar-refractivity contribution in [2.24, 2.45) is 0 Å². The van der Waals surface area contributed by atoms with Crippen molar-refractivity contribution in [1.82, 2.24) is 4.57 Å². The fourth-order valence-electron chi connectivity index (χ4n) is 12.7. The Morgan fingerprint density at radius 3 is 1.57 bits per heavy atom. The van der Waals surface area contributed by atoms with Crippen LogP contribution in [0.5, 0.6) is 0 Å². The molecule has 8 heteroatoms. The van der Waals surface area contributed by atoms with Crippen LogP contribution in [0.3, 0.4) is 0 Å². The number of para-hydroxylation sites is 7. The molecule has 1 aliphatic carbocycles. The Hall–Kier alpha value is -10.9. The van der Waals surface area contributed by atoms with E-state index in [-0.39, 0.29) is 0 Å². The minimum absolute atomic E-state index is 0.631. The van der Waals surface area contributed by atoms with E-state index in [0.717, 1.165) is 154 Å². The summed E-state index contributed by atoms with van der Waals surface area (Å²) in [6.45, 7) is 7.54. The molecule has 388 valence electrons. The van der Waals surface area contributed by atoms with Crippen molar-refractivity contribution in [2.45, 2.75) is 6.42 Å². The van der Waals surface area contributed by atoms with Crippen molar-refractivity contribution >= 4 is 131 Å². The number of hydrogen-bond donors (Lipinski definition) is 0. The number of benzene rings is 12. The SMILES string of the molecule is Brc1cccc2c1oc1cccc(-c3cccc4c3oc3ccccc34)c12.N#Cc1ccc2c(c1)-c1ccccc1C2.[C-]#[N+]c1ccc2c(c1)c1ccccc1n2-c1cccc2c1oc1cccc(-c3cccc4c3oc3ccccc34)c12. The van der Waals surface area contributed by atoms with Gasteiger partial charge < -0.3 is 22.2 Å². The molecule has 17 aromatic rings. The van der Waals surface area contributed by atoms with Crippen LogP contribution < -0.4 is 0 Å². The Morgan fingerprint density at radius 2 is 0.880 bits per heavy atom. The molecule has 83 heavy (non-hydrogen) atoms. The zero-order chi connectivity index (χ0) is 55.3. The molecule has 0 N–H and O–H groups in total. The first-order valence-corrected chi connectivity index (χ1v) is 28.2. The summed E-state index contributed by atoms with van der Waals surface area (Å²) in [6.07, 6.45) is 0.997. The number of aromatic nitrogens is 1. The first kappa shape index (κ1) is 48.0. The molecule has 7 nitrogen and oxygen atoms in total. The van der Waals surface area contributed by atoms with Crippen molar-refractivity contribution in [2.75, 3.05) is 0 Å². The van der Waals surface area contributed by atoms with Gasteiger partial charge in [-0.25, -0.2) is 4.85 Å². The molecular weight excluding hydrogens is 1090 g/mol. The number of nitrogens with zero attached hydrogens (tertiary/aromatic N) is 3. The number of rotatable bonds is 3. The molecule has 0 saturated carbocycles. The van der Waals surface area contributed by atoms with Gasteiger partial charge >= 0.3 is 0 Å². The van der Waals surface area contributed by atoms with Gasteiger partial charge in [-0.1, -0.05) is 176 Å². The van der Waals surface area contributed by atoms with Gasteiger partial charge in [-0.3, -0.25) is 0 Å². The number of nitriles is 1. The third kappa shape index (κ3) is 7.62. The molecule has 1 aliphatic rings. The predicted molar refractivity (Wildman–Crippen MR) is 341 cm³/mol. The van der Waals surface area contributed by atoms with Crippen LogP contribution in [0.1, 0.15) is 16.7 Å².